The van der Waals surface area contributed by atoms with Gasteiger partial charge in [0.1, 0.15) is 11.2 Å². The number of ether oxygens (including phenoxy) is 1. The maximum absolute atomic E-state index is 12.0. The summed E-state index contributed by atoms with van der Waals surface area (Å²) in [5, 5.41) is 45.2. The van der Waals surface area contributed by atoms with Crippen molar-refractivity contribution >= 4 is 0 Å². The van der Waals surface area contributed by atoms with Crippen molar-refractivity contribution in [1.29, 1.82) is 0 Å². The standard InChI is InChI=1S/C50H98O5/c1-5-9-13-17-19-21-23-25-27-29-31-33-35-37-41-47(49(53,45-51)43-39-15-11-7-3)55-48(50(54,46-52)44-40-16-12-8-4)42-38-36-34-32-30-28-26-24-22-20-18-14-10-6-2/h7-8,47-48,51-54H,3-6,9-46H2,1-2H3. The molecule has 0 heterocycles. The van der Waals surface area contributed by atoms with Gasteiger partial charge in [0.05, 0.1) is 25.4 Å². The van der Waals surface area contributed by atoms with Gasteiger partial charge in [-0.2, -0.15) is 0 Å². The van der Waals surface area contributed by atoms with Crippen molar-refractivity contribution in [1.82, 2.24) is 0 Å². The zero-order valence-electron chi connectivity index (χ0n) is 37.2. The van der Waals surface area contributed by atoms with Crippen LogP contribution in [0.4, 0.5) is 0 Å². The minimum Gasteiger partial charge on any atom is -0.393 e. The topological polar surface area (TPSA) is 90.2 Å². The number of aliphatic hydroxyl groups is 4. The summed E-state index contributed by atoms with van der Waals surface area (Å²) >= 11 is 0. The van der Waals surface area contributed by atoms with Gasteiger partial charge in [0.15, 0.2) is 0 Å². The monoisotopic (exact) mass is 779 g/mol. The fourth-order valence-electron chi connectivity index (χ4n) is 8.30. The lowest BCUT2D eigenvalue weighted by Crippen LogP contribution is -2.54. The first-order valence-corrected chi connectivity index (χ1v) is 24.4. The second-order valence-corrected chi connectivity index (χ2v) is 17.5. The molecule has 0 aromatic rings. The SMILES string of the molecule is C=CCCCCC(O)(CO)C(CCCCCCCCCCCCCCCC)OC(CCCCCCCCCCCCCCCC)C(O)(CO)CCCCC=C. The molecular weight excluding hydrogens is 681 g/mol. The summed E-state index contributed by atoms with van der Waals surface area (Å²) in [4.78, 5) is 0. The van der Waals surface area contributed by atoms with Gasteiger partial charge < -0.3 is 25.2 Å². The van der Waals surface area contributed by atoms with Crippen LogP contribution < -0.4 is 0 Å². The Bertz CT molecular complexity index is 739. The van der Waals surface area contributed by atoms with Gasteiger partial charge in [-0.05, 0) is 51.4 Å². The second kappa shape index (κ2) is 40.1. The Labute approximate surface area is 344 Å². The van der Waals surface area contributed by atoms with Crippen LogP contribution in [-0.4, -0.2) is 57.0 Å². The van der Waals surface area contributed by atoms with Crippen LogP contribution in [0, 0.1) is 0 Å². The predicted octanol–water partition coefficient (Wildman–Crippen LogP) is 14.4. The fourth-order valence-corrected chi connectivity index (χ4v) is 8.30. The summed E-state index contributed by atoms with van der Waals surface area (Å²) in [6, 6.07) is 0. The van der Waals surface area contributed by atoms with Gasteiger partial charge in [0.2, 0.25) is 0 Å². The molecule has 5 heteroatoms. The van der Waals surface area contributed by atoms with Crippen molar-refractivity contribution in [3.8, 4) is 0 Å². The molecule has 0 spiro atoms. The zero-order chi connectivity index (χ0) is 40.6. The Kier molecular flexibility index (Phi) is 39.6. The first-order valence-electron chi connectivity index (χ1n) is 24.4. The number of unbranched alkanes of at least 4 members (excludes halogenated alkanes) is 30. The molecule has 0 aromatic carbocycles. The van der Waals surface area contributed by atoms with E-state index in [1.165, 1.54) is 154 Å². The molecule has 5 nitrogen and oxygen atoms in total. The molecule has 0 aliphatic carbocycles. The number of aliphatic hydroxyl groups excluding tert-OH is 2. The molecule has 55 heavy (non-hydrogen) atoms. The van der Waals surface area contributed by atoms with Crippen LogP contribution in [0.25, 0.3) is 0 Å². The summed E-state index contributed by atoms with van der Waals surface area (Å²) < 4.78 is 6.84. The molecule has 0 aromatic heterocycles. The van der Waals surface area contributed by atoms with Gasteiger partial charge in [-0.3, -0.25) is 0 Å². The van der Waals surface area contributed by atoms with E-state index < -0.39 is 23.4 Å². The van der Waals surface area contributed by atoms with Crippen molar-refractivity contribution in [3.05, 3.63) is 25.3 Å². The van der Waals surface area contributed by atoms with Gasteiger partial charge in [-0.25, -0.2) is 0 Å². The number of hydrogen-bond acceptors (Lipinski definition) is 5. The highest BCUT2D eigenvalue weighted by atomic mass is 16.5. The maximum Gasteiger partial charge on any atom is 0.114 e. The van der Waals surface area contributed by atoms with Crippen molar-refractivity contribution < 1.29 is 25.2 Å². The third kappa shape index (κ3) is 31.0. The molecule has 328 valence electrons. The molecule has 4 atom stereocenters. The van der Waals surface area contributed by atoms with Crippen LogP contribution in [0.15, 0.2) is 25.3 Å². The Morgan fingerprint density at radius 2 is 0.655 bits per heavy atom. The van der Waals surface area contributed by atoms with Crippen molar-refractivity contribution in [2.75, 3.05) is 13.2 Å². The van der Waals surface area contributed by atoms with Gasteiger partial charge in [-0.15, -0.1) is 13.2 Å². The maximum atomic E-state index is 12.0. The minimum atomic E-state index is -1.38. The van der Waals surface area contributed by atoms with E-state index in [0.29, 0.717) is 25.7 Å². The zero-order valence-corrected chi connectivity index (χ0v) is 37.2. The summed E-state index contributed by atoms with van der Waals surface area (Å²) in [5.41, 5.74) is -2.77. The molecule has 0 amide bonds. The van der Waals surface area contributed by atoms with Gasteiger partial charge in [-0.1, -0.05) is 219 Å². The molecule has 0 bridgehead atoms. The van der Waals surface area contributed by atoms with Crippen LogP contribution in [0.1, 0.15) is 258 Å². The molecular formula is C50H98O5. The van der Waals surface area contributed by atoms with Gasteiger partial charge in [0, 0.05) is 0 Å². The lowest BCUT2D eigenvalue weighted by Gasteiger charge is -2.42. The first kappa shape index (κ1) is 54.3. The quantitative estimate of drug-likeness (QED) is 0.0365. The lowest BCUT2D eigenvalue weighted by atomic mass is 9.84. The van der Waals surface area contributed by atoms with Gasteiger partial charge >= 0.3 is 0 Å². The van der Waals surface area contributed by atoms with E-state index in [0.717, 1.165) is 64.2 Å². The van der Waals surface area contributed by atoms with Gasteiger partial charge in [0.25, 0.3) is 0 Å². The number of allylic oxidation sites excluding steroid dienone is 2. The third-order valence-electron chi connectivity index (χ3n) is 12.3. The van der Waals surface area contributed by atoms with E-state index in [-0.39, 0.29) is 13.2 Å². The molecule has 0 aliphatic rings. The van der Waals surface area contributed by atoms with Crippen LogP contribution in [0.2, 0.25) is 0 Å². The van der Waals surface area contributed by atoms with E-state index in [1.807, 2.05) is 12.2 Å². The van der Waals surface area contributed by atoms with Crippen LogP contribution in [0.3, 0.4) is 0 Å². The Morgan fingerprint density at radius 1 is 0.400 bits per heavy atom. The first-order chi connectivity index (χ1) is 26.9. The van der Waals surface area contributed by atoms with Crippen LogP contribution in [-0.2, 0) is 4.74 Å². The summed E-state index contributed by atoms with van der Waals surface area (Å²) in [6.45, 7) is 11.5. The second-order valence-electron chi connectivity index (χ2n) is 17.5. The molecule has 0 radical (unpaired) electrons. The summed E-state index contributed by atoms with van der Waals surface area (Å²) in [5.74, 6) is 0. The average molecular weight is 779 g/mol. The largest absolute Gasteiger partial charge is 0.393 e. The summed E-state index contributed by atoms with van der Waals surface area (Å²) in [7, 11) is 0. The van der Waals surface area contributed by atoms with E-state index in [9.17, 15) is 20.4 Å². The predicted molar refractivity (Wildman–Crippen MR) is 240 cm³/mol. The highest BCUT2D eigenvalue weighted by Crippen LogP contribution is 2.33. The molecule has 0 rings (SSSR count). The molecule has 0 saturated heterocycles. The summed E-state index contributed by atoms with van der Waals surface area (Å²) in [6.07, 6.45) is 45.9. The van der Waals surface area contributed by atoms with E-state index in [1.54, 1.807) is 0 Å². The Hall–Kier alpha value is -0.720. The third-order valence-corrected chi connectivity index (χ3v) is 12.3. The van der Waals surface area contributed by atoms with Crippen LogP contribution in [0.5, 0.6) is 0 Å². The Morgan fingerprint density at radius 3 is 0.891 bits per heavy atom. The lowest BCUT2D eigenvalue weighted by molar-refractivity contribution is -0.211. The van der Waals surface area contributed by atoms with E-state index >= 15 is 0 Å². The Balaban J connectivity index is 5.22. The van der Waals surface area contributed by atoms with Crippen molar-refractivity contribution in [2.24, 2.45) is 0 Å². The molecule has 4 N–H and O–H groups in total. The van der Waals surface area contributed by atoms with Crippen molar-refractivity contribution in [2.45, 2.75) is 281 Å². The number of rotatable bonds is 46. The van der Waals surface area contributed by atoms with Crippen molar-refractivity contribution in [3.63, 3.8) is 0 Å². The van der Waals surface area contributed by atoms with Crippen LogP contribution >= 0.6 is 0 Å². The normalized spacial score (nSPS) is 15.1. The smallest absolute Gasteiger partial charge is 0.114 e. The molecule has 4 unspecified atom stereocenters. The average Bonchev–Trinajstić information content (AvgIpc) is 3.19. The highest BCUT2D eigenvalue weighted by molar-refractivity contribution is 4.93. The minimum absolute atomic E-state index is 0.368. The van der Waals surface area contributed by atoms with E-state index in [2.05, 4.69) is 27.0 Å². The number of hydrogen-bond donors (Lipinski definition) is 4. The molecule has 0 aliphatic heterocycles. The van der Waals surface area contributed by atoms with E-state index in [4.69, 9.17) is 4.74 Å². The highest BCUT2D eigenvalue weighted by Gasteiger charge is 2.43. The molecule has 0 fully saturated rings. The molecule has 0 saturated carbocycles. The fraction of sp³-hybridized carbons (Fsp3) is 0.920.